The van der Waals surface area contributed by atoms with E-state index in [2.05, 4.69) is 4.72 Å². The van der Waals surface area contributed by atoms with Crippen LogP contribution >= 0.6 is 11.3 Å². The maximum Gasteiger partial charge on any atom is 0.273 e. The highest BCUT2D eigenvalue weighted by Crippen LogP contribution is 2.35. The molecule has 0 radical (unpaired) electrons. The van der Waals surface area contributed by atoms with Crippen molar-refractivity contribution in [2.24, 2.45) is 0 Å². The zero-order valence-corrected chi connectivity index (χ0v) is 17.8. The van der Waals surface area contributed by atoms with Gasteiger partial charge < -0.3 is 0 Å². The number of hydrogen-bond acceptors (Lipinski definition) is 5. The second-order valence-electron chi connectivity index (χ2n) is 6.64. The summed E-state index contributed by atoms with van der Waals surface area (Å²) in [5, 5.41) is 1.67. The van der Waals surface area contributed by atoms with Crippen LogP contribution in [0, 0.1) is 11.6 Å². The number of thiophene rings is 1. The van der Waals surface area contributed by atoms with Crippen LogP contribution < -0.4 is 9.03 Å². The fraction of sp³-hybridized carbons (Fsp3) is 0.158. The summed E-state index contributed by atoms with van der Waals surface area (Å²) >= 11 is 1.10. The van der Waals surface area contributed by atoms with E-state index in [0.29, 0.717) is 24.6 Å². The molecule has 3 aromatic rings. The van der Waals surface area contributed by atoms with Crippen molar-refractivity contribution >= 4 is 42.8 Å². The first-order chi connectivity index (χ1) is 14.2. The van der Waals surface area contributed by atoms with Crippen molar-refractivity contribution in [2.75, 3.05) is 15.6 Å². The lowest BCUT2D eigenvalue weighted by Crippen LogP contribution is -2.35. The molecule has 1 aliphatic heterocycles. The molecule has 11 heteroatoms. The maximum atomic E-state index is 14.0. The Morgan fingerprint density at radius 3 is 2.50 bits per heavy atom. The smallest absolute Gasteiger partial charge is 0.273 e. The highest BCUT2D eigenvalue weighted by atomic mass is 32.2. The van der Waals surface area contributed by atoms with Gasteiger partial charge in [-0.05, 0) is 54.1 Å². The van der Waals surface area contributed by atoms with E-state index >= 15 is 0 Å². The Morgan fingerprint density at radius 1 is 1.00 bits per heavy atom. The number of halogens is 2. The molecule has 0 amide bonds. The average molecular weight is 471 g/mol. The van der Waals surface area contributed by atoms with Gasteiger partial charge in [-0.3, -0.25) is 9.03 Å². The number of hydrogen-bond donors (Lipinski definition) is 1. The van der Waals surface area contributed by atoms with E-state index in [-0.39, 0.29) is 16.4 Å². The molecule has 158 valence electrons. The van der Waals surface area contributed by atoms with Crippen LogP contribution in [-0.4, -0.2) is 23.4 Å². The topological polar surface area (TPSA) is 83.6 Å². The number of aryl methyl sites for hydroxylation is 1. The Kier molecular flexibility index (Phi) is 5.28. The van der Waals surface area contributed by atoms with Crippen LogP contribution in [0.2, 0.25) is 0 Å². The lowest BCUT2D eigenvalue weighted by molar-refractivity contribution is 0.551. The molecule has 6 nitrogen and oxygen atoms in total. The third-order valence-corrected chi connectivity index (χ3v) is 9.24. The molecule has 0 bridgehead atoms. The number of rotatable bonds is 5. The highest BCUT2D eigenvalue weighted by molar-refractivity contribution is 7.94. The first-order valence-electron chi connectivity index (χ1n) is 8.85. The van der Waals surface area contributed by atoms with E-state index in [1.165, 1.54) is 22.5 Å². The van der Waals surface area contributed by atoms with Gasteiger partial charge >= 0.3 is 0 Å². The van der Waals surface area contributed by atoms with E-state index in [1.807, 2.05) is 0 Å². The predicted molar refractivity (Wildman–Crippen MR) is 111 cm³/mol. The molecule has 0 atom stereocenters. The molecule has 30 heavy (non-hydrogen) atoms. The largest absolute Gasteiger partial charge is 0.279 e. The van der Waals surface area contributed by atoms with Crippen LogP contribution in [0.15, 0.2) is 63.0 Å². The number of fused-ring (bicyclic) bond motifs is 1. The Hall–Kier alpha value is -2.50. The Morgan fingerprint density at radius 2 is 1.80 bits per heavy atom. The van der Waals surface area contributed by atoms with Gasteiger partial charge in [0, 0.05) is 12.6 Å². The second kappa shape index (κ2) is 7.64. The van der Waals surface area contributed by atoms with Crippen LogP contribution in [0.3, 0.4) is 0 Å². The van der Waals surface area contributed by atoms with Crippen molar-refractivity contribution in [3.05, 3.63) is 71.1 Å². The fourth-order valence-electron chi connectivity index (χ4n) is 3.28. The van der Waals surface area contributed by atoms with Crippen molar-refractivity contribution in [3.63, 3.8) is 0 Å². The van der Waals surface area contributed by atoms with Gasteiger partial charge in [-0.2, -0.15) is 0 Å². The molecule has 1 aromatic heterocycles. The highest BCUT2D eigenvalue weighted by Gasteiger charge is 2.30. The zero-order chi connectivity index (χ0) is 21.5. The minimum absolute atomic E-state index is 0.0748. The first kappa shape index (κ1) is 20.8. The van der Waals surface area contributed by atoms with E-state index < -0.39 is 36.6 Å². The molecule has 0 fully saturated rings. The quantitative estimate of drug-likeness (QED) is 0.612. The molecule has 2 aromatic carbocycles. The van der Waals surface area contributed by atoms with E-state index in [4.69, 9.17) is 0 Å². The summed E-state index contributed by atoms with van der Waals surface area (Å²) in [7, 11) is -8.12. The molecule has 1 N–H and O–H groups in total. The van der Waals surface area contributed by atoms with Gasteiger partial charge in [-0.25, -0.2) is 25.6 Å². The number of nitrogens with one attached hydrogen (secondary N) is 1. The van der Waals surface area contributed by atoms with Gasteiger partial charge in [0.15, 0.2) is 0 Å². The molecule has 2 heterocycles. The zero-order valence-electron chi connectivity index (χ0n) is 15.4. The Bertz CT molecular complexity index is 1310. The molecule has 0 spiro atoms. The Balaban J connectivity index is 1.71. The van der Waals surface area contributed by atoms with Crippen molar-refractivity contribution in [1.29, 1.82) is 0 Å². The van der Waals surface area contributed by atoms with Gasteiger partial charge in [0.25, 0.3) is 20.0 Å². The second-order valence-corrected chi connectivity index (χ2v) is 11.3. The van der Waals surface area contributed by atoms with Crippen LogP contribution in [0.5, 0.6) is 0 Å². The monoisotopic (exact) mass is 470 g/mol. The van der Waals surface area contributed by atoms with Crippen molar-refractivity contribution < 1.29 is 25.6 Å². The molecule has 4 rings (SSSR count). The van der Waals surface area contributed by atoms with Gasteiger partial charge in [0.2, 0.25) is 0 Å². The number of anilines is 2. The molecular weight excluding hydrogens is 454 g/mol. The van der Waals surface area contributed by atoms with Crippen LogP contribution in [0.1, 0.15) is 12.0 Å². The van der Waals surface area contributed by atoms with Crippen molar-refractivity contribution in [2.45, 2.75) is 21.9 Å². The number of sulfonamides is 2. The summed E-state index contributed by atoms with van der Waals surface area (Å²) < 4.78 is 81.9. The lowest BCUT2D eigenvalue weighted by atomic mass is 10.0. The van der Waals surface area contributed by atoms with E-state index in [9.17, 15) is 25.6 Å². The summed E-state index contributed by atoms with van der Waals surface area (Å²) in [5.41, 5.74) is 1.21. The summed E-state index contributed by atoms with van der Waals surface area (Å²) in [5.74, 6) is -2.11. The lowest BCUT2D eigenvalue weighted by Gasteiger charge is -2.30. The summed E-state index contributed by atoms with van der Waals surface area (Å²) in [6.07, 6.45) is 1.27. The van der Waals surface area contributed by atoms with Crippen LogP contribution in [0.4, 0.5) is 20.2 Å². The first-order valence-corrected chi connectivity index (χ1v) is 12.7. The maximum absolute atomic E-state index is 14.0. The molecule has 0 unspecified atom stereocenters. The standard InChI is InChI=1S/C19H16F2N2O4S3/c20-14-6-8-18(16(21)11-14)29(24,25)22-15-7-5-13-3-1-9-23(17(13)12-15)30(26,27)19-4-2-10-28-19/h2,4-8,10-12,22H,1,3,9H2. The van der Waals surface area contributed by atoms with Crippen LogP contribution in [0.25, 0.3) is 0 Å². The minimum Gasteiger partial charge on any atom is -0.279 e. The van der Waals surface area contributed by atoms with Crippen molar-refractivity contribution in [1.82, 2.24) is 0 Å². The van der Waals surface area contributed by atoms with Gasteiger partial charge in [-0.15, -0.1) is 11.3 Å². The molecule has 0 saturated heterocycles. The van der Waals surface area contributed by atoms with Gasteiger partial charge in [0.05, 0.1) is 11.4 Å². The normalized spacial score (nSPS) is 14.4. The van der Waals surface area contributed by atoms with Crippen molar-refractivity contribution in [3.8, 4) is 0 Å². The van der Waals surface area contributed by atoms with E-state index in [1.54, 1.807) is 17.5 Å². The Labute approximate surface area is 176 Å². The fourth-order valence-corrected chi connectivity index (χ4v) is 7.02. The third kappa shape index (κ3) is 3.80. The summed E-state index contributed by atoms with van der Waals surface area (Å²) in [6.45, 7) is 0.260. The molecular formula is C19H16F2N2O4S3. The molecule has 0 saturated carbocycles. The minimum atomic E-state index is -4.34. The van der Waals surface area contributed by atoms with Gasteiger partial charge in [-0.1, -0.05) is 12.1 Å². The number of benzene rings is 2. The predicted octanol–water partition coefficient (Wildman–Crippen LogP) is 3.97. The average Bonchev–Trinajstić information content (AvgIpc) is 3.22. The third-order valence-electron chi connectivity index (χ3n) is 4.64. The summed E-state index contributed by atoms with van der Waals surface area (Å²) in [6, 6.07) is 9.86. The molecule has 0 aliphatic carbocycles. The SMILES string of the molecule is O=S(=O)(Nc1ccc2c(c1)N(S(=O)(=O)c1cccs1)CCC2)c1ccc(F)cc1F. The van der Waals surface area contributed by atoms with Crippen LogP contribution in [-0.2, 0) is 26.5 Å². The van der Waals surface area contributed by atoms with E-state index in [0.717, 1.165) is 29.0 Å². The van der Waals surface area contributed by atoms with Gasteiger partial charge in [0.1, 0.15) is 20.7 Å². The summed E-state index contributed by atoms with van der Waals surface area (Å²) in [4.78, 5) is -0.704. The number of nitrogens with zero attached hydrogens (tertiary/aromatic N) is 1. The molecule has 1 aliphatic rings.